The molecule has 0 aliphatic carbocycles. The zero-order valence-electron chi connectivity index (χ0n) is 22.4. The fraction of sp³-hybridized carbons (Fsp3) is 0.630. The molecule has 1 saturated heterocycles. The van der Waals surface area contributed by atoms with Crippen LogP contribution in [-0.4, -0.2) is 64.4 Å². The van der Waals surface area contributed by atoms with E-state index in [9.17, 15) is 9.90 Å². The van der Waals surface area contributed by atoms with Crippen LogP contribution in [0.15, 0.2) is 42.9 Å². The molecule has 8 heteroatoms. The molecule has 0 spiro atoms. The molecule has 7 nitrogen and oxygen atoms in total. The fourth-order valence-electron chi connectivity index (χ4n) is 4.82. The molecule has 1 aromatic carbocycles. The summed E-state index contributed by atoms with van der Waals surface area (Å²) in [5.41, 5.74) is 1.80. The number of hydrogen-bond donors (Lipinski definition) is 1. The van der Waals surface area contributed by atoms with Crippen molar-refractivity contribution >= 4 is 14.2 Å². The van der Waals surface area contributed by atoms with Gasteiger partial charge in [0.15, 0.2) is 0 Å². The van der Waals surface area contributed by atoms with Gasteiger partial charge < -0.3 is 14.4 Å². The van der Waals surface area contributed by atoms with Gasteiger partial charge in [0, 0.05) is 46.6 Å². The van der Waals surface area contributed by atoms with Gasteiger partial charge in [-0.1, -0.05) is 70.7 Å². The van der Waals surface area contributed by atoms with Crippen LogP contribution in [0.25, 0.3) is 0 Å². The molecule has 3 rings (SSSR count). The number of aromatic nitrogens is 2. The van der Waals surface area contributed by atoms with Crippen molar-refractivity contribution in [2.24, 2.45) is 5.41 Å². The first-order chi connectivity index (χ1) is 16.4. The Morgan fingerprint density at radius 3 is 2.43 bits per heavy atom. The minimum absolute atomic E-state index is 0.0260. The molecule has 35 heavy (non-hydrogen) atoms. The Morgan fingerprint density at radius 2 is 1.86 bits per heavy atom. The molecular weight excluding hydrogens is 456 g/mol. The molecule has 0 radical (unpaired) electrons. The summed E-state index contributed by atoms with van der Waals surface area (Å²) in [5.74, 6) is 0. The van der Waals surface area contributed by atoms with E-state index in [4.69, 9.17) is 4.74 Å². The van der Waals surface area contributed by atoms with Gasteiger partial charge in [-0.15, -0.1) is 0 Å². The highest BCUT2D eigenvalue weighted by Crippen LogP contribution is 2.40. The van der Waals surface area contributed by atoms with Crippen molar-refractivity contribution in [1.82, 2.24) is 19.4 Å². The SMILES string of the molecule is CC(C)(C)C(c1cn(COCC[Si](C)(C)C)cn1)N(C(=O)O)C1CCN(Cc2ccccc2)CC1. The summed E-state index contributed by atoms with van der Waals surface area (Å²) >= 11 is 0. The first-order valence-corrected chi connectivity index (χ1v) is 16.5. The summed E-state index contributed by atoms with van der Waals surface area (Å²) in [7, 11) is -1.13. The van der Waals surface area contributed by atoms with Crippen molar-refractivity contribution in [2.75, 3.05) is 19.7 Å². The molecule has 1 fully saturated rings. The van der Waals surface area contributed by atoms with Gasteiger partial charge in [-0.05, 0) is 29.9 Å². The Bertz CT molecular complexity index is 928. The number of imidazole rings is 1. The van der Waals surface area contributed by atoms with Gasteiger partial charge in [0.2, 0.25) is 0 Å². The van der Waals surface area contributed by atoms with Gasteiger partial charge in [-0.2, -0.15) is 0 Å². The van der Waals surface area contributed by atoms with Crippen LogP contribution in [-0.2, 0) is 18.0 Å². The predicted molar refractivity (Wildman–Crippen MR) is 143 cm³/mol. The number of amides is 1. The highest BCUT2D eigenvalue weighted by molar-refractivity contribution is 6.76. The van der Waals surface area contributed by atoms with Crippen LogP contribution in [0, 0.1) is 5.41 Å². The zero-order chi connectivity index (χ0) is 25.6. The largest absolute Gasteiger partial charge is 0.465 e. The van der Waals surface area contributed by atoms with E-state index in [1.165, 1.54) is 5.56 Å². The van der Waals surface area contributed by atoms with Gasteiger partial charge in [0.05, 0.1) is 18.1 Å². The maximum absolute atomic E-state index is 12.6. The molecule has 1 unspecified atom stereocenters. The smallest absolute Gasteiger partial charge is 0.408 e. The van der Waals surface area contributed by atoms with Crippen molar-refractivity contribution in [3.05, 3.63) is 54.1 Å². The molecule has 1 N–H and O–H groups in total. The molecule has 1 aliphatic rings. The van der Waals surface area contributed by atoms with E-state index in [-0.39, 0.29) is 17.5 Å². The quantitative estimate of drug-likeness (QED) is 0.323. The summed E-state index contributed by atoms with van der Waals surface area (Å²) < 4.78 is 7.81. The molecule has 2 heterocycles. The monoisotopic (exact) mass is 500 g/mol. The fourth-order valence-corrected chi connectivity index (χ4v) is 5.57. The van der Waals surface area contributed by atoms with Crippen LogP contribution in [0.3, 0.4) is 0 Å². The van der Waals surface area contributed by atoms with E-state index in [1.807, 2.05) is 16.8 Å². The number of carbonyl (C=O) groups is 1. The summed E-state index contributed by atoms with van der Waals surface area (Å²) in [4.78, 5) is 21.4. The molecule has 1 atom stereocenters. The van der Waals surface area contributed by atoms with Crippen molar-refractivity contribution in [2.45, 2.75) is 84.7 Å². The first kappa shape index (κ1) is 27.4. The minimum Gasteiger partial charge on any atom is -0.465 e. The predicted octanol–water partition coefficient (Wildman–Crippen LogP) is 5.93. The number of piperidine rings is 1. The number of likely N-dealkylation sites (tertiary alicyclic amines) is 1. The Hall–Kier alpha value is -2.16. The van der Waals surface area contributed by atoms with Crippen molar-refractivity contribution in [3.8, 4) is 0 Å². The lowest BCUT2D eigenvalue weighted by Gasteiger charge is -2.44. The lowest BCUT2D eigenvalue weighted by Crippen LogP contribution is -2.51. The van der Waals surface area contributed by atoms with Gasteiger partial charge in [-0.3, -0.25) is 9.80 Å². The van der Waals surface area contributed by atoms with Crippen molar-refractivity contribution < 1.29 is 14.6 Å². The second kappa shape index (κ2) is 11.7. The Balaban J connectivity index is 1.68. The highest BCUT2D eigenvalue weighted by atomic mass is 28.3. The Kier molecular flexibility index (Phi) is 9.18. The van der Waals surface area contributed by atoms with Gasteiger partial charge in [0.25, 0.3) is 0 Å². The van der Waals surface area contributed by atoms with Crippen LogP contribution in [0.2, 0.25) is 25.7 Å². The molecule has 1 aliphatic heterocycles. The topological polar surface area (TPSA) is 70.8 Å². The van der Waals surface area contributed by atoms with Crippen LogP contribution in [0.4, 0.5) is 4.79 Å². The van der Waals surface area contributed by atoms with E-state index in [2.05, 4.69) is 74.6 Å². The number of benzene rings is 1. The molecule has 194 valence electrons. The average molecular weight is 501 g/mol. The van der Waals surface area contributed by atoms with Gasteiger partial charge in [-0.25, -0.2) is 9.78 Å². The molecule has 0 saturated carbocycles. The summed E-state index contributed by atoms with van der Waals surface area (Å²) in [5, 5.41) is 10.3. The number of carboxylic acid groups (broad SMARTS) is 1. The molecular formula is C27H44N4O3Si. The van der Waals surface area contributed by atoms with Crippen LogP contribution in [0.5, 0.6) is 0 Å². The second-order valence-electron chi connectivity index (χ2n) is 12.1. The summed E-state index contributed by atoms with van der Waals surface area (Å²) in [6, 6.07) is 11.2. The number of hydrogen-bond acceptors (Lipinski definition) is 4. The normalized spacial score (nSPS) is 16.9. The molecule has 1 aromatic heterocycles. The third-order valence-electron chi connectivity index (χ3n) is 6.69. The third kappa shape index (κ3) is 8.19. The standard InChI is InChI=1S/C27H44N4O3Si/c1-27(2,3)25(24-19-30(20-28-24)21-34-16-17-35(4,5)6)31(26(32)33)23-12-14-29(15-13-23)18-22-10-8-7-9-11-22/h7-11,19-20,23,25H,12-18,21H2,1-6H3,(H,32,33). The zero-order valence-corrected chi connectivity index (χ0v) is 23.4. The molecule has 2 aromatic rings. The van der Waals surface area contributed by atoms with E-state index in [1.54, 1.807) is 11.2 Å². The van der Waals surface area contributed by atoms with E-state index >= 15 is 0 Å². The van der Waals surface area contributed by atoms with E-state index in [0.717, 1.165) is 50.8 Å². The molecule has 0 bridgehead atoms. The lowest BCUT2D eigenvalue weighted by atomic mass is 9.82. The van der Waals surface area contributed by atoms with Crippen LogP contribution in [0.1, 0.15) is 50.9 Å². The van der Waals surface area contributed by atoms with Gasteiger partial charge in [0.1, 0.15) is 6.73 Å². The Morgan fingerprint density at radius 1 is 1.20 bits per heavy atom. The molecule has 1 amide bonds. The third-order valence-corrected chi connectivity index (χ3v) is 8.39. The Labute approximate surface area is 212 Å². The van der Waals surface area contributed by atoms with E-state index < -0.39 is 14.2 Å². The summed E-state index contributed by atoms with van der Waals surface area (Å²) in [6.45, 7) is 17.2. The maximum atomic E-state index is 12.6. The number of ether oxygens (including phenoxy) is 1. The first-order valence-electron chi connectivity index (χ1n) is 12.8. The maximum Gasteiger partial charge on any atom is 0.408 e. The number of rotatable bonds is 10. The van der Waals surface area contributed by atoms with Crippen molar-refractivity contribution in [3.63, 3.8) is 0 Å². The highest BCUT2D eigenvalue weighted by Gasteiger charge is 2.41. The number of nitrogens with zero attached hydrogens (tertiary/aromatic N) is 4. The second-order valence-corrected chi connectivity index (χ2v) is 17.7. The van der Waals surface area contributed by atoms with Crippen LogP contribution < -0.4 is 0 Å². The average Bonchev–Trinajstić information content (AvgIpc) is 3.23. The van der Waals surface area contributed by atoms with E-state index in [0.29, 0.717) is 6.73 Å². The lowest BCUT2D eigenvalue weighted by molar-refractivity contribution is 0.0269. The van der Waals surface area contributed by atoms with Crippen molar-refractivity contribution in [1.29, 1.82) is 0 Å². The van der Waals surface area contributed by atoms with Gasteiger partial charge >= 0.3 is 6.09 Å². The van der Waals surface area contributed by atoms with Crippen LogP contribution >= 0.6 is 0 Å². The summed E-state index contributed by atoms with van der Waals surface area (Å²) in [6.07, 6.45) is 4.52. The minimum atomic E-state index is -1.13.